The molecule has 31 heavy (non-hydrogen) atoms. The Morgan fingerprint density at radius 1 is 1.03 bits per heavy atom. The molecule has 3 aromatic heterocycles. The van der Waals surface area contributed by atoms with Crippen molar-refractivity contribution in [3.8, 4) is 5.69 Å². The first-order valence-electron chi connectivity index (χ1n) is 9.41. The monoisotopic (exact) mass is 419 g/mol. The van der Waals surface area contributed by atoms with Gasteiger partial charge in [0.2, 0.25) is 0 Å². The molecule has 2 N–H and O–H groups in total. The van der Waals surface area contributed by atoms with Gasteiger partial charge in [0.25, 0.3) is 5.56 Å². The Morgan fingerprint density at radius 2 is 1.84 bits per heavy atom. The van der Waals surface area contributed by atoms with Gasteiger partial charge in [0, 0.05) is 0 Å². The molecule has 8 nitrogen and oxygen atoms in total. The molecule has 0 aliphatic heterocycles. The zero-order chi connectivity index (χ0) is 21.5. The molecule has 1 unspecified atom stereocenters. The molecule has 10 heteroatoms. The van der Waals surface area contributed by atoms with Crippen molar-refractivity contribution in [2.45, 2.75) is 13.0 Å². The largest absolute Gasteiger partial charge is 0.358 e. The van der Waals surface area contributed by atoms with Crippen molar-refractivity contribution >= 4 is 27.9 Å². The molecule has 154 valence electrons. The van der Waals surface area contributed by atoms with Crippen molar-refractivity contribution in [2.24, 2.45) is 0 Å². The zero-order valence-corrected chi connectivity index (χ0v) is 16.2. The summed E-state index contributed by atoms with van der Waals surface area (Å²) in [5, 5.41) is 2.94. The SMILES string of the molecule is CC(Nc1ncnc2[nH]cnc12)c1nc2cccc(F)c2c(=O)n1-c1ccccc1F. The Labute approximate surface area is 173 Å². The van der Waals surface area contributed by atoms with E-state index in [2.05, 4.69) is 30.2 Å². The first-order valence-corrected chi connectivity index (χ1v) is 9.41. The fourth-order valence-corrected chi connectivity index (χ4v) is 3.50. The van der Waals surface area contributed by atoms with E-state index in [1.807, 2.05) is 0 Å². The van der Waals surface area contributed by atoms with E-state index in [-0.39, 0.29) is 22.4 Å². The molecule has 2 aromatic carbocycles. The smallest absolute Gasteiger partial charge is 0.269 e. The second kappa shape index (κ2) is 7.24. The highest BCUT2D eigenvalue weighted by molar-refractivity contribution is 5.82. The highest BCUT2D eigenvalue weighted by atomic mass is 19.1. The number of benzene rings is 2. The summed E-state index contributed by atoms with van der Waals surface area (Å²) in [4.78, 5) is 33.2. The van der Waals surface area contributed by atoms with Crippen LogP contribution in [0.1, 0.15) is 18.8 Å². The van der Waals surface area contributed by atoms with Crippen LogP contribution in [0.5, 0.6) is 0 Å². The fraction of sp³-hybridized carbons (Fsp3) is 0.0952. The van der Waals surface area contributed by atoms with E-state index in [1.165, 1.54) is 43.0 Å². The van der Waals surface area contributed by atoms with E-state index in [4.69, 9.17) is 0 Å². The number of fused-ring (bicyclic) bond motifs is 2. The van der Waals surface area contributed by atoms with Crippen LogP contribution in [0.4, 0.5) is 14.6 Å². The number of nitrogens with one attached hydrogen (secondary N) is 2. The maximum Gasteiger partial charge on any atom is 0.269 e. The predicted octanol–water partition coefficient (Wildman–Crippen LogP) is 3.50. The number of rotatable bonds is 4. The third-order valence-electron chi connectivity index (χ3n) is 4.92. The molecule has 5 rings (SSSR count). The average molecular weight is 419 g/mol. The second-order valence-corrected chi connectivity index (χ2v) is 6.88. The summed E-state index contributed by atoms with van der Waals surface area (Å²) < 4.78 is 30.2. The molecule has 0 bridgehead atoms. The minimum absolute atomic E-state index is 0.0265. The Hall–Kier alpha value is -4.21. The van der Waals surface area contributed by atoms with E-state index in [1.54, 1.807) is 19.1 Å². The van der Waals surface area contributed by atoms with Gasteiger partial charge in [-0.05, 0) is 31.2 Å². The maximum absolute atomic E-state index is 14.7. The van der Waals surface area contributed by atoms with Crippen molar-refractivity contribution in [1.29, 1.82) is 0 Å². The molecule has 0 aliphatic rings. The van der Waals surface area contributed by atoms with Crippen molar-refractivity contribution in [2.75, 3.05) is 5.32 Å². The van der Waals surface area contributed by atoms with Crippen LogP contribution in [-0.4, -0.2) is 29.5 Å². The highest BCUT2D eigenvalue weighted by Crippen LogP contribution is 2.25. The molecule has 5 aromatic rings. The van der Waals surface area contributed by atoms with Crippen LogP contribution in [0.3, 0.4) is 0 Å². The van der Waals surface area contributed by atoms with E-state index in [0.717, 1.165) is 4.57 Å². The summed E-state index contributed by atoms with van der Waals surface area (Å²) in [6.07, 6.45) is 2.85. The number of para-hydroxylation sites is 1. The minimum Gasteiger partial charge on any atom is -0.358 e. The average Bonchev–Trinajstić information content (AvgIpc) is 3.24. The number of hydrogen-bond acceptors (Lipinski definition) is 6. The third kappa shape index (κ3) is 3.08. The van der Waals surface area contributed by atoms with Crippen LogP contribution in [0.25, 0.3) is 27.8 Å². The molecule has 0 aliphatic carbocycles. The third-order valence-corrected chi connectivity index (χ3v) is 4.92. The molecule has 3 heterocycles. The van der Waals surface area contributed by atoms with Crippen molar-refractivity contribution in [3.05, 3.63) is 82.9 Å². The lowest BCUT2D eigenvalue weighted by Gasteiger charge is -2.20. The summed E-state index contributed by atoms with van der Waals surface area (Å²) in [5.74, 6) is -0.753. The fourth-order valence-electron chi connectivity index (χ4n) is 3.50. The van der Waals surface area contributed by atoms with E-state index >= 15 is 0 Å². The number of nitrogens with zero attached hydrogens (tertiary/aromatic N) is 5. The van der Waals surface area contributed by atoms with Gasteiger partial charge in [-0.25, -0.2) is 28.7 Å². The topological polar surface area (TPSA) is 101 Å². The Kier molecular flexibility index (Phi) is 4.39. The van der Waals surface area contributed by atoms with Gasteiger partial charge in [0.05, 0.1) is 23.6 Å². The van der Waals surface area contributed by atoms with E-state index in [9.17, 15) is 13.6 Å². The lowest BCUT2D eigenvalue weighted by atomic mass is 10.2. The number of H-pyrrole nitrogens is 1. The van der Waals surface area contributed by atoms with E-state index < -0.39 is 23.2 Å². The Morgan fingerprint density at radius 3 is 2.68 bits per heavy atom. The molecule has 1 atom stereocenters. The van der Waals surface area contributed by atoms with Gasteiger partial charge in [0.15, 0.2) is 11.5 Å². The lowest BCUT2D eigenvalue weighted by molar-refractivity contribution is 0.604. The Balaban J connectivity index is 1.74. The zero-order valence-electron chi connectivity index (χ0n) is 16.2. The van der Waals surface area contributed by atoms with Gasteiger partial charge >= 0.3 is 0 Å². The second-order valence-electron chi connectivity index (χ2n) is 6.88. The molecule has 0 spiro atoms. The first kappa shape index (κ1) is 18.8. The van der Waals surface area contributed by atoms with Crippen LogP contribution < -0.4 is 10.9 Å². The van der Waals surface area contributed by atoms with Gasteiger partial charge in [-0.1, -0.05) is 18.2 Å². The Bertz CT molecular complexity index is 1490. The van der Waals surface area contributed by atoms with Crippen LogP contribution >= 0.6 is 0 Å². The van der Waals surface area contributed by atoms with Crippen molar-refractivity contribution < 1.29 is 8.78 Å². The summed E-state index contributed by atoms with van der Waals surface area (Å²) in [6.45, 7) is 1.74. The quantitative estimate of drug-likeness (QED) is 0.462. The summed E-state index contributed by atoms with van der Waals surface area (Å²) in [7, 11) is 0. The van der Waals surface area contributed by atoms with Gasteiger partial charge < -0.3 is 10.3 Å². The number of imidazole rings is 1. The van der Waals surface area contributed by atoms with Gasteiger partial charge in [0.1, 0.15) is 34.7 Å². The lowest BCUT2D eigenvalue weighted by Crippen LogP contribution is -2.28. The van der Waals surface area contributed by atoms with Gasteiger partial charge in [-0.2, -0.15) is 0 Å². The van der Waals surface area contributed by atoms with Crippen LogP contribution in [0.2, 0.25) is 0 Å². The molecular formula is C21H15F2N7O. The van der Waals surface area contributed by atoms with E-state index in [0.29, 0.717) is 17.0 Å². The highest BCUT2D eigenvalue weighted by Gasteiger charge is 2.22. The number of anilines is 1. The minimum atomic E-state index is -0.721. The summed E-state index contributed by atoms with van der Waals surface area (Å²) >= 11 is 0. The van der Waals surface area contributed by atoms with Crippen LogP contribution in [-0.2, 0) is 0 Å². The number of halogens is 2. The molecule has 0 amide bonds. The predicted molar refractivity (Wildman–Crippen MR) is 111 cm³/mol. The summed E-state index contributed by atoms with van der Waals surface area (Å²) in [5.41, 5.74) is 0.477. The molecule has 0 fully saturated rings. The van der Waals surface area contributed by atoms with Crippen LogP contribution in [0.15, 0.2) is 59.9 Å². The first-order chi connectivity index (χ1) is 15.0. The van der Waals surface area contributed by atoms with Gasteiger partial charge in [-0.3, -0.25) is 9.36 Å². The van der Waals surface area contributed by atoms with Crippen molar-refractivity contribution in [1.82, 2.24) is 29.5 Å². The number of aromatic amines is 1. The summed E-state index contributed by atoms with van der Waals surface area (Å²) in [6, 6.07) is 9.34. The number of aromatic nitrogens is 6. The van der Waals surface area contributed by atoms with Gasteiger partial charge in [-0.15, -0.1) is 0 Å². The molecule has 0 saturated carbocycles. The molecular weight excluding hydrogens is 404 g/mol. The number of hydrogen-bond donors (Lipinski definition) is 2. The van der Waals surface area contributed by atoms with Crippen molar-refractivity contribution in [3.63, 3.8) is 0 Å². The molecule has 0 radical (unpaired) electrons. The maximum atomic E-state index is 14.7. The van der Waals surface area contributed by atoms with Crippen LogP contribution in [0, 0.1) is 11.6 Å². The standard InChI is InChI=1S/C21H15F2N7O/c1-11(28-19-17-18(25-9-24-17)26-10-27-19)20-29-14-7-4-6-13(23)16(14)21(31)30(20)15-8-3-2-5-12(15)22/h2-11H,1H3,(H2,24,25,26,27,28). The molecule has 0 saturated heterocycles. The normalized spacial score (nSPS) is 12.4.